The predicted octanol–water partition coefficient (Wildman–Crippen LogP) is 4.04. The third-order valence-corrected chi connectivity index (χ3v) is 5.17. The number of nitrogens with one attached hydrogen (secondary N) is 1. The van der Waals surface area contributed by atoms with E-state index in [1.54, 1.807) is 17.0 Å². The Bertz CT molecular complexity index is 959. The first-order valence-electron chi connectivity index (χ1n) is 10.4. The average molecular weight is 424 g/mol. The lowest BCUT2D eigenvalue weighted by Crippen LogP contribution is -2.43. The van der Waals surface area contributed by atoms with Gasteiger partial charge >= 0.3 is 6.09 Å². The van der Waals surface area contributed by atoms with Crippen molar-refractivity contribution < 1.29 is 19.1 Å². The van der Waals surface area contributed by atoms with E-state index in [2.05, 4.69) is 5.32 Å². The third-order valence-electron chi connectivity index (χ3n) is 5.17. The zero-order chi connectivity index (χ0) is 22.6. The van der Waals surface area contributed by atoms with Crippen molar-refractivity contribution in [1.82, 2.24) is 4.90 Å². The van der Waals surface area contributed by atoms with E-state index >= 15 is 0 Å². The number of likely N-dealkylation sites (tertiary alicyclic amines) is 1. The van der Waals surface area contributed by atoms with E-state index in [1.165, 1.54) is 0 Å². The van der Waals surface area contributed by atoms with Crippen molar-refractivity contribution in [2.75, 3.05) is 18.4 Å². The number of anilines is 1. The lowest BCUT2D eigenvalue weighted by atomic mass is 9.94. The van der Waals surface area contributed by atoms with Crippen LogP contribution in [0.3, 0.4) is 0 Å². The minimum Gasteiger partial charge on any atom is -0.444 e. The first-order valence-corrected chi connectivity index (χ1v) is 10.4. The Kier molecular flexibility index (Phi) is 6.63. The summed E-state index contributed by atoms with van der Waals surface area (Å²) in [5.41, 5.74) is 7.30. The lowest BCUT2D eigenvalue weighted by Gasteiger charge is -2.33. The molecule has 0 atom stereocenters. The molecule has 7 heteroatoms. The maximum Gasteiger partial charge on any atom is 0.410 e. The molecule has 1 aliphatic heterocycles. The highest BCUT2D eigenvalue weighted by atomic mass is 16.6. The van der Waals surface area contributed by atoms with Gasteiger partial charge in [-0.2, -0.15) is 0 Å². The first kappa shape index (κ1) is 22.3. The Morgan fingerprint density at radius 3 is 2.23 bits per heavy atom. The van der Waals surface area contributed by atoms with E-state index < -0.39 is 11.5 Å². The normalized spacial score (nSPS) is 14.7. The lowest BCUT2D eigenvalue weighted by molar-refractivity contribution is -0.121. The maximum atomic E-state index is 12.9. The van der Waals surface area contributed by atoms with E-state index in [-0.39, 0.29) is 23.5 Å². The van der Waals surface area contributed by atoms with Gasteiger partial charge in [0.2, 0.25) is 5.91 Å². The largest absolute Gasteiger partial charge is 0.444 e. The summed E-state index contributed by atoms with van der Waals surface area (Å²) in [5, 5.41) is 2.88. The number of nitrogens with two attached hydrogens (primary N) is 1. The Balaban J connectivity index is 1.70. The van der Waals surface area contributed by atoms with Crippen molar-refractivity contribution in [1.29, 1.82) is 0 Å². The summed E-state index contributed by atoms with van der Waals surface area (Å²) in [7, 11) is 0. The SMILES string of the molecule is CC(C)(C)OC(=O)N1CCC(C(=O)Nc2cccc(-c3ccccc3)c2C(N)=O)CC1. The van der Waals surface area contributed by atoms with E-state index in [4.69, 9.17) is 10.5 Å². The summed E-state index contributed by atoms with van der Waals surface area (Å²) in [4.78, 5) is 39.0. The van der Waals surface area contributed by atoms with Gasteiger partial charge in [-0.1, -0.05) is 42.5 Å². The van der Waals surface area contributed by atoms with Gasteiger partial charge < -0.3 is 20.7 Å². The molecule has 0 bridgehead atoms. The van der Waals surface area contributed by atoms with Crippen molar-refractivity contribution >= 4 is 23.6 Å². The number of primary amides is 1. The van der Waals surface area contributed by atoms with E-state index in [0.717, 1.165) is 5.56 Å². The van der Waals surface area contributed by atoms with Crippen molar-refractivity contribution in [3.05, 3.63) is 54.1 Å². The minimum atomic E-state index is -0.602. The second-order valence-corrected chi connectivity index (χ2v) is 8.69. The molecule has 1 fully saturated rings. The highest BCUT2D eigenvalue weighted by molar-refractivity contribution is 6.08. The fraction of sp³-hybridized carbons (Fsp3) is 0.375. The summed E-state index contributed by atoms with van der Waals surface area (Å²) in [5.74, 6) is -1.05. The molecule has 0 spiro atoms. The zero-order valence-electron chi connectivity index (χ0n) is 18.2. The molecule has 2 aromatic rings. The van der Waals surface area contributed by atoms with Gasteiger partial charge in [0.05, 0.1) is 11.3 Å². The van der Waals surface area contributed by atoms with Gasteiger partial charge in [-0.05, 0) is 50.8 Å². The van der Waals surface area contributed by atoms with Crippen LogP contribution in [-0.2, 0) is 9.53 Å². The molecular formula is C24H29N3O4. The molecule has 31 heavy (non-hydrogen) atoms. The number of nitrogens with zero attached hydrogens (tertiary/aromatic N) is 1. The second-order valence-electron chi connectivity index (χ2n) is 8.69. The molecule has 1 saturated heterocycles. The smallest absolute Gasteiger partial charge is 0.410 e. The molecule has 0 radical (unpaired) electrons. The summed E-state index contributed by atoms with van der Waals surface area (Å²) < 4.78 is 5.40. The number of rotatable bonds is 4. The van der Waals surface area contributed by atoms with E-state index in [1.807, 2.05) is 57.2 Å². The van der Waals surface area contributed by atoms with Gasteiger partial charge in [0.25, 0.3) is 5.91 Å². The highest BCUT2D eigenvalue weighted by Gasteiger charge is 2.30. The third kappa shape index (κ3) is 5.63. The maximum absolute atomic E-state index is 12.9. The molecule has 3 N–H and O–H groups in total. The monoisotopic (exact) mass is 423 g/mol. The van der Waals surface area contributed by atoms with Gasteiger partial charge in [0.1, 0.15) is 5.60 Å². The van der Waals surface area contributed by atoms with Crippen LogP contribution in [0.1, 0.15) is 44.0 Å². The molecule has 7 nitrogen and oxygen atoms in total. The van der Waals surface area contributed by atoms with Crippen LogP contribution < -0.4 is 11.1 Å². The Morgan fingerprint density at radius 1 is 1.00 bits per heavy atom. The van der Waals surface area contributed by atoms with Gasteiger partial charge in [0.15, 0.2) is 0 Å². The van der Waals surface area contributed by atoms with E-state index in [9.17, 15) is 14.4 Å². The van der Waals surface area contributed by atoms with Crippen molar-refractivity contribution in [3.8, 4) is 11.1 Å². The highest BCUT2D eigenvalue weighted by Crippen LogP contribution is 2.30. The molecule has 164 valence electrons. The summed E-state index contributed by atoms with van der Waals surface area (Å²) in [6, 6.07) is 14.7. The molecule has 0 unspecified atom stereocenters. The van der Waals surface area contributed by atoms with Crippen LogP contribution >= 0.6 is 0 Å². The first-order chi connectivity index (χ1) is 14.7. The van der Waals surface area contributed by atoms with Crippen LogP contribution in [0.15, 0.2) is 48.5 Å². The Morgan fingerprint density at radius 2 is 1.65 bits per heavy atom. The number of amides is 3. The topological polar surface area (TPSA) is 102 Å². The van der Waals surface area contributed by atoms with Crippen LogP contribution in [0.2, 0.25) is 0 Å². The van der Waals surface area contributed by atoms with Crippen LogP contribution in [0.4, 0.5) is 10.5 Å². The molecule has 0 saturated carbocycles. The van der Waals surface area contributed by atoms with Gasteiger partial charge in [-0.25, -0.2) is 4.79 Å². The van der Waals surface area contributed by atoms with Gasteiger partial charge in [-0.3, -0.25) is 9.59 Å². The number of ether oxygens (including phenoxy) is 1. The number of carbonyl (C=O) groups is 3. The second kappa shape index (κ2) is 9.20. The molecule has 1 aliphatic rings. The minimum absolute atomic E-state index is 0.184. The number of carbonyl (C=O) groups excluding carboxylic acids is 3. The predicted molar refractivity (Wildman–Crippen MR) is 120 cm³/mol. The Hall–Kier alpha value is -3.35. The average Bonchev–Trinajstić information content (AvgIpc) is 2.73. The van der Waals surface area contributed by atoms with Crippen LogP contribution in [0.25, 0.3) is 11.1 Å². The summed E-state index contributed by atoms with van der Waals surface area (Å²) in [6.45, 7) is 6.36. The molecule has 2 aromatic carbocycles. The summed E-state index contributed by atoms with van der Waals surface area (Å²) in [6.07, 6.45) is 0.683. The molecular weight excluding hydrogens is 394 g/mol. The molecule has 3 rings (SSSR count). The number of piperidine rings is 1. The molecule has 0 aromatic heterocycles. The van der Waals surface area contributed by atoms with Gasteiger partial charge in [-0.15, -0.1) is 0 Å². The van der Waals surface area contributed by atoms with E-state index in [0.29, 0.717) is 37.2 Å². The molecule has 0 aliphatic carbocycles. The van der Waals surface area contributed by atoms with Crippen LogP contribution in [-0.4, -0.2) is 41.5 Å². The zero-order valence-corrected chi connectivity index (χ0v) is 18.2. The fourth-order valence-corrected chi connectivity index (χ4v) is 3.67. The molecule has 3 amide bonds. The number of benzene rings is 2. The number of hydrogen-bond acceptors (Lipinski definition) is 4. The summed E-state index contributed by atoms with van der Waals surface area (Å²) >= 11 is 0. The van der Waals surface area contributed by atoms with Crippen LogP contribution in [0.5, 0.6) is 0 Å². The quantitative estimate of drug-likeness (QED) is 0.775. The molecule has 1 heterocycles. The van der Waals surface area contributed by atoms with Crippen molar-refractivity contribution in [2.45, 2.75) is 39.2 Å². The fourth-order valence-electron chi connectivity index (χ4n) is 3.67. The standard InChI is InChI=1S/C24H29N3O4/c1-24(2,3)31-23(30)27-14-12-17(13-15-27)22(29)26-19-11-7-10-18(20(19)21(25)28)16-8-5-4-6-9-16/h4-11,17H,12-15H2,1-3H3,(H2,25,28)(H,26,29). The van der Waals surface area contributed by atoms with Crippen LogP contribution in [0, 0.1) is 5.92 Å². The number of hydrogen-bond donors (Lipinski definition) is 2. The van der Waals surface area contributed by atoms with Gasteiger partial charge in [0, 0.05) is 19.0 Å². The Labute approximate surface area is 182 Å². The van der Waals surface area contributed by atoms with Crippen molar-refractivity contribution in [2.24, 2.45) is 11.7 Å². The van der Waals surface area contributed by atoms with Crippen molar-refractivity contribution in [3.63, 3.8) is 0 Å².